The summed E-state index contributed by atoms with van der Waals surface area (Å²) in [6, 6.07) is 3.10. The lowest BCUT2D eigenvalue weighted by Gasteiger charge is -2.17. The summed E-state index contributed by atoms with van der Waals surface area (Å²) in [6.07, 6.45) is 0. The number of hydrogen-bond donors (Lipinski definition) is 1. The zero-order valence-corrected chi connectivity index (χ0v) is 11.3. The van der Waals surface area contributed by atoms with Gasteiger partial charge in [-0.25, -0.2) is 0 Å². The molecule has 7 heteroatoms. The largest absolute Gasteiger partial charge is 0.341 e. The maximum absolute atomic E-state index is 11.7. The number of amidine groups is 1. The Hall–Kier alpha value is -0.340. The highest BCUT2D eigenvalue weighted by Gasteiger charge is 2.25. The van der Waals surface area contributed by atoms with E-state index < -0.39 is 10.0 Å². The van der Waals surface area contributed by atoms with Crippen molar-refractivity contribution >= 4 is 55.7 Å². The summed E-state index contributed by atoms with van der Waals surface area (Å²) in [6.45, 7) is 1.60. The molecule has 0 aliphatic carbocycles. The summed E-state index contributed by atoms with van der Waals surface area (Å²) in [4.78, 5) is 0.130. The van der Waals surface area contributed by atoms with Crippen molar-refractivity contribution in [3.05, 3.63) is 20.7 Å². The van der Waals surface area contributed by atoms with Gasteiger partial charge in [0.2, 0.25) is 0 Å². The molecule has 1 aromatic carbocycles. The van der Waals surface area contributed by atoms with Crippen LogP contribution in [-0.2, 0) is 10.0 Å². The van der Waals surface area contributed by atoms with E-state index in [9.17, 15) is 8.42 Å². The molecular formula is C8H6ClIN2O2S. The zero-order chi connectivity index (χ0) is 11.2. The van der Waals surface area contributed by atoms with Gasteiger partial charge in [-0.05, 0) is 41.6 Å². The smallest absolute Gasteiger partial charge is 0.286 e. The number of fused-ring (bicyclic) bond motifs is 1. The molecule has 1 aliphatic heterocycles. The van der Waals surface area contributed by atoms with Crippen LogP contribution in [0.1, 0.15) is 6.92 Å². The van der Waals surface area contributed by atoms with Gasteiger partial charge in [-0.1, -0.05) is 11.6 Å². The average Bonchev–Trinajstić information content (AvgIpc) is 2.06. The first kappa shape index (κ1) is 11.2. The van der Waals surface area contributed by atoms with Crippen LogP contribution in [0, 0.1) is 3.57 Å². The molecule has 4 nitrogen and oxygen atoms in total. The first-order chi connectivity index (χ1) is 6.90. The molecule has 1 N–H and O–H groups in total. The van der Waals surface area contributed by atoms with E-state index in [1.807, 2.05) is 22.6 Å². The van der Waals surface area contributed by atoms with E-state index in [0.29, 0.717) is 16.5 Å². The minimum absolute atomic E-state index is 0.130. The highest BCUT2D eigenvalue weighted by Crippen LogP contribution is 2.34. The van der Waals surface area contributed by atoms with Crippen molar-refractivity contribution in [2.75, 3.05) is 5.32 Å². The summed E-state index contributed by atoms with van der Waals surface area (Å²) < 4.78 is 27.7. The van der Waals surface area contributed by atoms with Crippen LogP contribution in [-0.4, -0.2) is 14.3 Å². The summed E-state index contributed by atoms with van der Waals surface area (Å²) in [7, 11) is -3.60. The number of hydrogen-bond acceptors (Lipinski definition) is 3. The number of nitrogens with one attached hydrogen (secondary N) is 1. The molecule has 1 aromatic rings. The lowest BCUT2D eigenvalue weighted by Crippen LogP contribution is -2.19. The van der Waals surface area contributed by atoms with E-state index in [1.165, 1.54) is 6.07 Å². The number of sulfonamides is 1. The molecule has 1 heterocycles. The van der Waals surface area contributed by atoms with E-state index in [2.05, 4.69) is 9.71 Å². The van der Waals surface area contributed by atoms with Gasteiger partial charge in [-0.2, -0.15) is 8.42 Å². The summed E-state index contributed by atoms with van der Waals surface area (Å²) in [5.41, 5.74) is 0.549. The van der Waals surface area contributed by atoms with E-state index >= 15 is 0 Å². The van der Waals surface area contributed by atoms with Crippen LogP contribution in [0.5, 0.6) is 0 Å². The van der Waals surface area contributed by atoms with E-state index in [4.69, 9.17) is 11.6 Å². The van der Waals surface area contributed by atoms with Crippen LogP contribution in [0.15, 0.2) is 21.4 Å². The molecule has 80 valence electrons. The minimum Gasteiger partial charge on any atom is -0.341 e. The SMILES string of the molecule is CC1=NS(=O)(=O)c2cc(Cl)cc(I)c2N1. The topological polar surface area (TPSA) is 58.5 Å². The Kier molecular flexibility index (Phi) is 2.68. The summed E-state index contributed by atoms with van der Waals surface area (Å²) in [5.74, 6) is 0.364. The van der Waals surface area contributed by atoms with Gasteiger partial charge in [0.25, 0.3) is 10.0 Å². The molecule has 15 heavy (non-hydrogen) atoms. The monoisotopic (exact) mass is 356 g/mol. The van der Waals surface area contributed by atoms with Crippen LogP contribution in [0.4, 0.5) is 5.69 Å². The maximum Gasteiger partial charge on any atom is 0.286 e. The summed E-state index contributed by atoms with van der Waals surface area (Å²) >= 11 is 7.83. The Morgan fingerprint density at radius 3 is 2.80 bits per heavy atom. The standard InChI is InChI=1S/C8H6ClIN2O2S/c1-4-11-8-6(10)2-5(9)3-7(8)15(13,14)12-4/h2-3H,1H3,(H,11,12). The van der Waals surface area contributed by atoms with Gasteiger partial charge in [-0.3, -0.25) is 0 Å². The van der Waals surface area contributed by atoms with Crippen molar-refractivity contribution in [3.63, 3.8) is 0 Å². The van der Waals surface area contributed by atoms with Crippen LogP contribution in [0.2, 0.25) is 5.02 Å². The third kappa shape index (κ3) is 1.98. The molecular weight excluding hydrogens is 351 g/mol. The molecule has 0 aromatic heterocycles. The van der Waals surface area contributed by atoms with Crippen LogP contribution < -0.4 is 5.32 Å². The molecule has 0 unspecified atom stereocenters. The Balaban J connectivity index is 2.80. The molecule has 1 aliphatic rings. The lowest BCUT2D eigenvalue weighted by molar-refractivity contribution is 0.597. The van der Waals surface area contributed by atoms with E-state index in [0.717, 1.165) is 3.57 Å². The normalized spacial score (nSPS) is 17.7. The fourth-order valence-corrected chi connectivity index (χ4v) is 3.92. The minimum atomic E-state index is -3.60. The van der Waals surface area contributed by atoms with Crippen LogP contribution >= 0.6 is 34.2 Å². The molecule has 0 saturated heterocycles. The van der Waals surface area contributed by atoms with Crippen molar-refractivity contribution in [3.8, 4) is 0 Å². The van der Waals surface area contributed by atoms with Gasteiger partial charge in [0, 0.05) is 8.59 Å². The second-order valence-electron chi connectivity index (χ2n) is 3.04. The number of benzene rings is 1. The molecule has 0 saturated carbocycles. The third-order valence-corrected chi connectivity index (χ3v) is 4.32. The zero-order valence-electron chi connectivity index (χ0n) is 7.58. The van der Waals surface area contributed by atoms with E-state index in [1.54, 1.807) is 13.0 Å². The van der Waals surface area contributed by atoms with Crippen molar-refractivity contribution < 1.29 is 8.42 Å². The third-order valence-electron chi connectivity index (χ3n) is 1.86. The first-order valence-electron chi connectivity index (χ1n) is 3.98. The van der Waals surface area contributed by atoms with Gasteiger partial charge in [-0.15, -0.1) is 4.40 Å². The van der Waals surface area contributed by atoms with Gasteiger partial charge in [0.1, 0.15) is 10.7 Å². The molecule has 0 atom stereocenters. The average molecular weight is 357 g/mol. The van der Waals surface area contributed by atoms with Crippen molar-refractivity contribution in [2.45, 2.75) is 11.8 Å². The second kappa shape index (κ2) is 3.60. The molecule has 0 radical (unpaired) electrons. The molecule has 2 rings (SSSR count). The summed E-state index contributed by atoms with van der Waals surface area (Å²) in [5, 5.41) is 3.30. The van der Waals surface area contributed by atoms with Crippen molar-refractivity contribution in [1.29, 1.82) is 0 Å². The Morgan fingerprint density at radius 1 is 1.47 bits per heavy atom. The van der Waals surface area contributed by atoms with E-state index in [-0.39, 0.29) is 4.90 Å². The Morgan fingerprint density at radius 2 is 2.13 bits per heavy atom. The van der Waals surface area contributed by atoms with Crippen LogP contribution in [0.25, 0.3) is 0 Å². The number of nitrogens with zero attached hydrogens (tertiary/aromatic N) is 1. The van der Waals surface area contributed by atoms with Gasteiger partial charge >= 0.3 is 0 Å². The highest BCUT2D eigenvalue weighted by molar-refractivity contribution is 14.1. The van der Waals surface area contributed by atoms with Crippen LogP contribution in [0.3, 0.4) is 0 Å². The second-order valence-corrected chi connectivity index (χ2v) is 6.21. The van der Waals surface area contributed by atoms with Gasteiger partial charge in [0.15, 0.2) is 0 Å². The number of anilines is 1. The van der Waals surface area contributed by atoms with Crippen molar-refractivity contribution in [1.82, 2.24) is 0 Å². The number of halogens is 2. The van der Waals surface area contributed by atoms with Gasteiger partial charge in [0.05, 0.1) is 5.69 Å². The number of rotatable bonds is 0. The Bertz CT molecular complexity index is 568. The quantitative estimate of drug-likeness (QED) is 0.727. The Labute approximate surface area is 106 Å². The highest BCUT2D eigenvalue weighted by atomic mass is 127. The fourth-order valence-electron chi connectivity index (χ4n) is 1.31. The lowest BCUT2D eigenvalue weighted by atomic mass is 10.3. The predicted molar refractivity (Wildman–Crippen MR) is 68.1 cm³/mol. The molecule has 0 spiro atoms. The maximum atomic E-state index is 11.7. The molecule has 0 amide bonds. The fraction of sp³-hybridized carbons (Fsp3) is 0.125. The van der Waals surface area contributed by atoms with Gasteiger partial charge < -0.3 is 5.32 Å². The molecule has 0 fully saturated rings. The molecule has 0 bridgehead atoms. The first-order valence-corrected chi connectivity index (χ1v) is 6.87. The van der Waals surface area contributed by atoms with Crippen molar-refractivity contribution in [2.24, 2.45) is 4.40 Å². The predicted octanol–water partition coefficient (Wildman–Crippen LogP) is 2.48.